The van der Waals surface area contributed by atoms with Crippen LogP contribution in [0.5, 0.6) is 5.75 Å². The van der Waals surface area contributed by atoms with Crippen LogP contribution in [0.4, 0.5) is 0 Å². The number of rotatable bonds is 7. The molecule has 0 aliphatic carbocycles. The summed E-state index contributed by atoms with van der Waals surface area (Å²) in [5, 5.41) is 9.04. The molecule has 0 spiro atoms. The van der Waals surface area contributed by atoms with E-state index in [-0.39, 0.29) is 35.9 Å². The number of benzene rings is 1. The number of nitrogens with two attached hydrogens (primary N) is 1. The lowest BCUT2D eigenvalue weighted by molar-refractivity contribution is 0.0692. The van der Waals surface area contributed by atoms with Crippen LogP contribution in [0.1, 0.15) is 17.3 Å². The van der Waals surface area contributed by atoms with Gasteiger partial charge in [-0.15, -0.1) is 0 Å². The molecule has 0 fully saturated rings. The van der Waals surface area contributed by atoms with Crippen molar-refractivity contribution in [2.45, 2.75) is 11.8 Å². The summed E-state index contributed by atoms with van der Waals surface area (Å²) in [5.41, 5.74) is 5.02. The number of carboxylic acids is 1. The molecule has 1 aromatic carbocycles. The van der Waals surface area contributed by atoms with Crippen LogP contribution in [0, 0.1) is 0 Å². The van der Waals surface area contributed by atoms with Gasteiger partial charge in [-0.1, -0.05) is 0 Å². The topological polar surface area (TPSA) is 119 Å². The fraction of sp³-hybridized carbons (Fsp3) is 0.364. The maximum atomic E-state index is 11.8. The molecule has 7 nitrogen and oxygen atoms in total. The number of hydrogen-bond donors (Lipinski definition) is 3. The smallest absolute Gasteiger partial charge is 0.339 e. The molecule has 4 N–H and O–H groups in total. The van der Waals surface area contributed by atoms with Gasteiger partial charge in [0.25, 0.3) is 0 Å². The quantitative estimate of drug-likeness (QED) is 0.651. The molecule has 0 aliphatic heterocycles. The average Bonchev–Trinajstić information content (AvgIpc) is 2.37. The van der Waals surface area contributed by atoms with E-state index in [0.29, 0.717) is 0 Å². The Morgan fingerprint density at radius 2 is 2.16 bits per heavy atom. The molecule has 0 atom stereocenters. The van der Waals surface area contributed by atoms with Crippen LogP contribution in [-0.2, 0) is 10.0 Å². The van der Waals surface area contributed by atoms with Crippen molar-refractivity contribution in [3.05, 3.63) is 23.8 Å². The summed E-state index contributed by atoms with van der Waals surface area (Å²) in [7, 11) is -3.76. The number of hydrogen-bond acceptors (Lipinski definition) is 5. The number of carboxylic acid groups (broad SMARTS) is 1. The Morgan fingerprint density at radius 1 is 1.47 bits per heavy atom. The van der Waals surface area contributed by atoms with E-state index in [0.717, 1.165) is 6.07 Å². The van der Waals surface area contributed by atoms with Crippen LogP contribution in [-0.4, -0.2) is 39.2 Å². The van der Waals surface area contributed by atoms with E-state index >= 15 is 0 Å². The summed E-state index contributed by atoms with van der Waals surface area (Å²) >= 11 is 0. The van der Waals surface area contributed by atoms with Crippen molar-refractivity contribution in [1.29, 1.82) is 0 Å². The Morgan fingerprint density at radius 3 is 2.68 bits per heavy atom. The zero-order valence-corrected chi connectivity index (χ0v) is 11.2. The van der Waals surface area contributed by atoms with Gasteiger partial charge in [0.1, 0.15) is 11.3 Å². The Balaban J connectivity index is 3.18. The minimum Gasteiger partial charge on any atom is -0.493 e. The van der Waals surface area contributed by atoms with E-state index in [1.165, 1.54) is 12.1 Å². The molecule has 1 aromatic rings. The first kappa shape index (κ1) is 15.4. The van der Waals surface area contributed by atoms with Gasteiger partial charge in [-0.3, -0.25) is 0 Å². The molecule has 0 radical (unpaired) electrons. The Labute approximate surface area is 111 Å². The van der Waals surface area contributed by atoms with Crippen LogP contribution < -0.4 is 15.2 Å². The number of carbonyl (C=O) groups is 1. The minimum absolute atomic E-state index is 0.0813. The SMILES string of the molecule is CCOc1ccc(S(=O)(=O)NCCN)cc1C(=O)O. The van der Waals surface area contributed by atoms with Crippen LogP contribution in [0.25, 0.3) is 0 Å². The van der Waals surface area contributed by atoms with Gasteiger partial charge >= 0.3 is 5.97 Å². The first-order valence-corrected chi connectivity index (χ1v) is 7.10. The third-order valence-corrected chi connectivity index (χ3v) is 3.69. The largest absolute Gasteiger partial charge is 0.493 e. The normalized spacial score (nSPS) is 11.3. The molecule has 19 heavy (non-hydrogen) atoms. The third kappa shape index (κ3) is 3.91. The predicted octanol–water partition coefficient (Wildman–Crippen LogP) is 0.0205. The fourth-order valence-corrected chi connectivity index (χ4v) is 2.47. The second-order valence-corrected chi connectivity index (χ2v) is 5.35. The molecule has 1 rings (SSSR count). The lowest BCUT2D eigenvalue weighted by Gasteiger charge is -2.10. The van der Waals surface area contributed by atoms with E-state index in [1.54, 1.807) is 6.92 Å². The molecule has 0 amide bonds. The van der Waals surface area contributed by atoms with Crippen LogP contribution in [0.15, 0.2) is 23.1 Å². The summed E-state index contributed by atoms with van der Waals surface area (Å²) in [6.45, 7) is 2.23. The van der Waals surface area contributed by atoms with Crippen molar-refractivity contribution >= 4 is 16.0 Å². The summed E-state index contributed by atoms with van der Waals surface area (Å²) in [4.78, 5) is 10.9. The number of sulfonamides is 1. The number of nitrogens with one attached hydrogen (secondary N) is 1. The van der Waals surface area contributed by atoms with E-state index in [9.17, 15) is 13.2 Å². The van der Waals surface area contributed by atoms with Crippen molar-refractivity contribution < 1.29 is 23.1 Å². The van der Waals surface area contributed by atoms with Crippen molar-refractivity contribution in [2.75, 3.05) is 19.7 Å². The highest BCUT2D eigenvalue weighted by molar-refractivity contribution is 7.89. The molecule has 0 heterocycles. The number of aromatic carboxylic acids is 1. The summed E-state index contributed by atoms with van der Waals surface area (Å²) in [5.74, 6) is -1.12. The van der Waals surface area contributed by atoms with Gasteiger partial charge in [-0.05, 0) is 25.1 Å². The number of ether oxygens (including phenoxy) is 1. The molecule has 0 unspecified atom stereocenters. The van der Waals surface area contributed by atoms with Gasteiger partial charge in [-0.25, -0.2) is 17.9 Å². The molecule has 0 saturated heterocycles. The highest BCUT2D eigenvalue weighted by Gasteiger charge is 2.19. The maximum Gasteiger partial charge on any atom is 0.339 e. The van der Waals surface area contributed by atoms with Crippen LogP contribution in [0.3, 0.4) is 0 Å². The van der Waals surface area contributed by atoms with Gasteiger partial charge in [0.15, 0.2) is 0 Å². The standard InChI is InChI=1S/C11H16N2O5S/c1-2-18-10-4-3-8(7-9(10)11(14)15)19(16,17)13-6-5-12/h3-4,7,13H,2,5-6,12H2,1H3,(H,14,15). The Kier molecular flexibility index (Phi) is 5.28. The minimum atomic E-state index is -3.76. The van der Waals surface area contributed by atoms with Crippen LogP contribution >= 0.6 is 0 Å². The van der Waals surface area contributed by atoms with Gasteiger partial charge < -0.3 is 15.6 Å². The maximum absolute atomic E-state index is 11.8. The summed E-state index contributed by atoms with van der Waals surface area (Å²) in [6.07, 6.45) is 0. The Bertz CT molecular complexity index is 556. The molecule has 0 aromatic heterocycles. The van der Waals surface area contributed by atoms with Crippen molar-refractivity contribution in [1.82, 2.24) is 4.72 Å². The highest BCUT2D eigenvalue weighted by Crippen LogP contribution is 2.22. The van der Waals surface area contributed by atoms with Crippen LogP contribution in [0.2, 0.25) is 0 Å². The van der Waals surface area contributed by atoms with Crippen molar-refractivity contribution in [2.24, 2.45) is 5.73 Å². The molecule has 0 saturated carbocycles. The van der Waals surface area contributed by atoms with E-state index in [2.05, 4.69) is 4.72 Å². The van der Waals surface area contributed by atoms with E-state index in [1.807, 2.05) is 0 Å². The summed E-state index contributed by atoms with van der Waals surface area (Å²) < 4.78 is 31.1. The summed E-state index contributed by atoms with van der Waals surface area (Å²) in [6, 6.07) is 3.67. The van der Waals surface area contributed by atoms with Gasteiger partial charge in [0.05, 0.1) is 11.5 Å². The fourth-order valence-electron chi connectivity index (χ4n) is 1.40. The molecular weight excluding hydrogens is 272 g/mol. The van der Waals surface area contributed by atoms with E-state index in [4.69, 9.17) is 15.6 Å². The molecule has 0 aliphatic rings. The molecular formula is C11H16N2O5S. The van der Waals surface area contributed by atoms with Crippen molar-refractivity contribution in [3.63, 3.8) is 0 Å². The second kappa shape index (κ2) is 6.50. The first-order chi connectivity index (χ1) is 8.92. The molecule has 0 bridgehead atoms. The first-order valence-electron chi connectivity index (χ1n) is 5.62. The lowest BCUT2D eigenvalue weighted by Crippen LogP contribution is -2.29. The van der Waals surface area contributed by atoms with E-state index < -0.39 is 16.0 Å². The highest BCUT2D eigenvalue weighted by atomic mass is 32.2. The third-order valence-electron chi connectivity index (χ3n) is 2.23. The van der Waals surface area contributed by atoms with Gasteiger partial charge in [0.2, 0.25) is 10.0 Å². The van der Waals surface area contributed by atoms with Gasteiger partial charge in [0, 0.05) is 13.1 Å². The zero-order valence-electron chi connectivity index (χ0n) is 10.4. The van der Waals surface area contributed by atoms with Gasteiger partial charge in [-0.2, -0.15) is 0 Å². The predicted molar refractivity (Wildman–Crippen MR) is 68.8 cm³/mol. The molecule has 106 valence electrons. The zero-order chi connectivity index (χ0) is 14.5. The monoisotopic (exact) mass is 288 g/mol. The average molecular weight is 288 g/mol. The van der Waals surface area contributed by atoms with Crippen molar-refractivity contribution in [3.8, 4) is 5.75 Å². The Hall–Kier alpha value is -1.64. The second-order valence-electron chi connectivity index (χ2n) is 3.58. The molecule has 8 heteroatoms. The lowest BCUT2D eigenvalue weighted by atomic mass is 10.2.